The molecule has 6 heteroatoms. The molecule has 0 spiro atoms. The molecule has 0 aliphatic carbocycles. The quantitative estimate of drug-likeness (QED) is 0.325. The third kappa shape index (κ3) is 9.19. The number of benzene rings is 1. The maximum atomic E-state index is 9.75. The maximum Gasteiger partial charge on any atom is 0.191 e. The summed E-state index contributed by atoms with van der Waals surface area (Å²) in [5, 5.41) is 16.3. The first-order valence-corrected chi connectivity index (χ1v) is 9.11. The Kier molecular flexibility index (Phi) is 10.5. The molecule has 0 saturated carbocycles. The number of guanidine groups is 1. The van der Waals surface area contributed by atoms with Crippen LogP contribution in [-0.4, -0.2) is 44.0 Å². The second-order valence-electron chi connectivity index (χ2n) is 6.18. The molecule has 0 aliphatic rings. The largest absolute Gasteiger partial charge is 0.504 e. The van der Waals surface area contributed by atoms with Gasteiger partial charge in [0, 0.05) is 26.3 Å². The molecule has 0 atom stereocenters. The Hall–Kier alpha value is -1.95. The standard InChI is InChI=1S/C19H33N3O3/c1-5-20-19(21-10-7-11-24-14-15(3)4)22-13-16-8-9-17(23)18(12-16)25-6-2/h8-9,12,15,23H,5-7,10-11,13-14H2,1-4H3,(H2,20,21,22). The third-order valence-electron chi connectivity index (χ3n) is 3.30. The number of phenolic OH excluding ortho intramolecular Hbond substituents is 1. The van der Waals surface area contributed by atoms with E-state index in [2.05, 4.69) is 29.5 Å². The summed E-state index contributed by atoms with van der Waals surface area (Å²) in [5.74, 6) is 1.99. The predicted octanol–water partition coefficient (Wildman–Crippen LogP) is 2.91. The minimum atomic E-state index is 0.154. The van der Waals surface area contributed by atoms with Crippen LogP contribution < -0.4 is 15.4 Å². The van der Waals surface area contributed by atoms with E-state index in [0.29, 0.717) is 24.8 Å². The zero-order valence-corrected chi connectivity index (χ0v) is 16.0. The van der Waals surface area contributed by atoms with E-state index in [4.69, 9.17) is 9.47 Å². The molecule has 1 aromatic carbocycles. The van der Waals surface area contributed by atoms with E-state index in [9.17, 15) is 5.11 Å². The predicted molar refractivity (Wildman–Crippen MR) is 102 cm³/mol. The molecule has 1 aromatic rings. The van der Waals surface area contributed by atoms with Crippen molar-refractivity contribution in [3.63, 3.8) is 0 Å². The Bertz CT molecular complexity index is 519. The molecule has 0 aliphatic heterocycles. The molecule has 0 radical (unpaired) electrons. The fraction of sp³-hybridized carbons (Fsp3) is 0.632. The van der Waals surface area contributed by atoms with Gasteiger partial charge in [-0.25, -0.2) is 4.99 Å². The smallest absolute Gasteiger partial charge is 0.191 e. The van der Waals surface area contributed by atoms with Crippen molar-refractivity contribution in [2.45, 2.75) is 40.7 Å². The van der Waals surface area contributed by atoms with Crippen LogP contribution >= 0.6 is 0 Å². The summed E-state index contributed by atoms with van der Waals surface area (Å²) < 4.78 is 11.0. The number of rotatable bonds is 11. The second kappa shape index (κ2) is 12.4. The molecule has 1 rings (SSSR count). The first-order valence-electron chi connectivity index (χ1n) is 9.11. The number of nitrogens with one attached hydrogen (secondary N) is 2. The van der Waals surface area contributed by atoms with Crippen LogP contribution in [0.1, 0.15) is 39.7 Å². The average molecular weight is 351 g/mol. The van der Waals surface area contributed by atoms with Gasteiger partial charge in [-0.05, 0) is 43.9 Å². The Labute approximate surface area is 151 Å². The van der Waals surface area contributed by atoms with Gasteiger partial charge in [0.25, 0.3) is 0 Å². The molecule has 0 fully saturated rings. The first-order chi connectivity index (χ1) is 12.1. The van der Waals surface area contributed by atoms with Gasteiger partial charge in [-0.15, -0.1) is 0 Å². The van der Waals surface area contributed by atoms with E-state index in [1.54, 1.807) is 6.07 Å². The van der Waals surface area contributed by atoms with Crippen LogP contribution in [0.4, 0.5) is 0 Å². The Balaban J connectivity index is 2.48. The third-order valence-corrected chi connectivity index (χ3v) is 3.30. The molecule has 0 unspecified atom stereocenters. The van der Waals surface area contributed by atoms with Crippen LogP contribution in [0.5, 0.6) is 11.5 Å². The lowest BCUT2D eigenvalue weighted by molar-refractivity contribution is 0.108. The summed E-state index contributed by atoms with van der Waals surface area (Å²) in [5.41, 5.74) is 0.985. The highest BCUT2D eigenvalue weighted by molar-refractivity contribution is 5.79. The number of hydrogen-bond acceptors (Lipinski definition) is 4. The molecule has 0 saturated heterocycles. The lowest BCUT2D eigenvalue weighted by Gasteiger charge is -2.12. The highest BCUT2D eigenvalue weighted by Crippen LogP contribution is 2.27. The summed E-state index contributed by atoms with van der Waals surface area (Å²) in [6.45, 7) is 12.4. The van der Waals surface area contributed by atoms with Crippen molar-refractivity contribution >= 4 is 5.96 Å². The van der Waals surface area contributed by atoms with E-state index in [1.165, 1.54) is 0 Å². The molecular weight excluding hydrogens is 318 g/mol. The number of nitrogens with zero attached hydrogens (tertiary/aromatic N) is 1. The molecule has 6 nitrogen and oxygen atoms in total. The molecule has 0 aromatic heterocycles. The van der Waals surface area contributed by atoms with Gasteiger partial charge in [-0.2, -0.15) is 0 Å². The van der Waals surface area contributed by atoms with Crippen LogP contribution in [0.3, 0.4) is 0 Å². The van der Waals surface area contributed by atoms with Gasteiger partial charge in [-0.3, -0.25) is 0 Å². The van der Waals surface area contributed by atoms with Crippen molar-refractivity contribution in [1.82, 2.24) is 10.6 Å². The van der Waals surface area contributed by atoms with Crippen molar-refractivity contribution in [1.29, 1.82) is 0 Å². The van der Waals surface area contributed by atoms with E-state index < -0.39 is 0 Å². The number of aromatic hydroxyl groups is 1. The number of phenols is 1. The fourth-order valence-corrected chi connectivity index (χ4v) is 2.14. The van der Waals surface area contributed by atoms with E-state index in [-0.39, 0.29) is 5.75 Å². The van der Waals surface area contributed by atoms with Gasteiger partial charge in [0.15, 0.2) is 17.5 Å². The second-order valence-corrected chi connectivity index (χ2v) is 6.18. The summed E-state index contributed by atoms with van der Waals surface area (Å²) >= 11 is 0. The maximum absolute atomic E-state index is 9.75. The zero-order valence-electron chi connectivity index (χ0n) is 16.0. The van der Waals surface area contributed by atoms with E-state index in [1.807, 2.05) is 26.0 Å². The fourth-order valence-electron chi connectivity index (χ4n) is 2.14. The summed E-state index contributed by atoms with van der Waals surface area (Å²) in [4.78, 5) is 4.58. The molecule has 142 valence electrons. The molecular formula is C19H33N3O3. The average Bonchev–Trinajstić information content (AvgIpc) is 2.58. The van der Waals surface area contributed by atoms with Gasteiger partial charge < -0.3 is 25.2 Å². The van der Waals surface area contributed by atoms with E-state index in [0.717, 1.165) is 44.2 Å². The highest BCUT2D eigenvalue weighted by Gasteiger charge is 2.04. The van der Waals surface area contributed by atoms with Crippen molar-refractivity contribution in [3.8, 4) is 11.5 Å². The van der Waals surface area contributed by atoms with Gasteiger partial charge in [0.05, 0.1) is 13.2 Å². The molecule has 0 amide bonds. The van der Waals surface area contributed by atoms with Crippen LogP contribution in [0.25, 0.3) is 0 Å². The topological polar surface area (TPSA) is 75.1 Å². The number of aliphatic imine (C=N–C) groups is 1. The molecule has 0 heterocycles. The molecule has 25 heavy (non-hydrogen) atoms. The Morgan fingerprint density at radius 2 is 2.04 bits per heavy atom. The molecule has 0 bridgehead atoms. The van der Waals surface area contributed by atoms with Crippen molar-refractivity contribution in [3.05, 3.63) is 23.8 Å². The van der Waals surface area contributed by atoms with Crippen LogP contribution in [-0.2, 0) is 11.3 Å². The summed E-state index contributed by atoms with van der Waals surface area (Å²) in [7, 11) is 0. The number of ether oxygens (including phenoxy) is 2. The lowest BCUT2D eigenvalue weighted by Crippen LogP contribution is -2.38. The monoisotopic (exact) mass is 351 g/mol. The summed E-state index contributed by atoms with van der Waals surface area (Å²) in [6.07, 6.45) is 0.935. The van der Waals surface area contributed by atoms with E-state index >= 15 is 0 Å². The zero-order chi connectivity index (χ0) is 18.5. The van der Waals surface area contributed by atoms with Gasteiger partial charge in [0.2, 0.25) is 0 Å². The molecule has 3 N–H and O–H groups in total. The minimum Gasteiger partial charge on any atom is -0.504 e. The van der Waals surface area contributed by atoms with Crippen molar-refractivity contribution in [2.24, 2.45) is 10.9 Å². The van der Waals surface area contributed by atoms with Crippen LogP contribution in [0.2, 0.25) is 0 Å². The van der Waals surface area contributed by atoms with Crippen molar-refractivity contribution in [2.75, 3.05) is 32.9 Å². The lowest BCUT2D eigenvalue weighted by atomic mass is 10.2. The highest BCUT2D eigenvalue weighted by atomic mass is 16.5. The SMILES string of the molecule is CCNC(=NCc1ccc(O)c(OCC)c1)NCCCOCC(C)C. The van der Waals surface area contributed by atoms with Gasteiger partial charge in [0.1, 0.15) is 0 Å². The minimum absolute atomic E-state index is 0.154. The summed E-state index contributed by atoms with van der Waals surface area (Å²) in [6, 6.07) is 5.32. The van der Waals surface area contributed by atoms with Crippen molar-refractivity contribution < 1.29 is 14.6 Å². The van der Waals surface area contributed by atoms with Crippen LogP contribution in [0.15, 0.2) is 23.2 Å². The van der Waals surface area contributed by atoms with Gasteiger partial charge in [-0.1, -0.05) is 19.9 Å². The van der Waals surface area contributed by atoms with Gasteiger partial charge >= 0.3 is 0 Å². The Morgan fingerprint density at radius 1 is 1.24 bits per heavy atom. The number of hydrogen-bond donors (Lipinski definition) is 3. The normalized spacial score (nSPS) is 11.6. The Morgan fingerprint density at radius 3 is 2.72 bits per heavy atom. The first kappa shape index (κ1) is 21.1. The van der Waals surface area contributed by atoms with Crippen LogP contribution in [0, 0.1) is 5.92 Å².